The van der Waals surface area contributed by atoms with Gasteiger partial charge in [-0.2, -0.15) is 0 Å². The molecule has 0 spiro atoms. The van der Waals surface area contributed by atoms with Crippen LogP contribution in [0.4, 0.5) is 10.7 Å². The van der Waals surface area contributed by atoms with Crippen molar-refractivity contribution < 1.29 is 9.90 Å². The number of thiocarbonyl (C=S) groups is 1. The van der Waals surface area contributed by atoms with E-state index in [9.17, 15) is 9.90 Å². The first-order chi connectivity index (χ1) is 11.0. The number of nitrogens with one attached hydrogen (secondary N) is 2. The average Bonchev–Trinajstić information content (AvgIpc) is 2.87. The summed E-state index contributed by atoms with van der Waals surface area (Å²) in [7, 11) is 0. The van der Waals surface area contributed by atoms with Gasteiger partial charge in [0.2, 0.25) is 0 Å². The summed E-state index contributed by atoms with van der Waals surface area (Å²) in [5, 5.41) is 16.8. The third-order valence-corrected chi connectivity index (χ3v) is 5.33. The topological polar surface area (TPSA) is 61.4 Å². The fourth-order valence-corrected chi connectivity index (χ4v) is 4.35. The number of benzene rings is 1. The molecule has 0 atom stereocenters. The van der Waals surface area contributed by atoms with Crippen molar-refractivity contribution in [3.05, 3.63) is 45.8 Å². The van der Waals surface area contributed by atoms with Crippen molar-refractivity contribution in [3.8, 4) is 0 Å². The number of hydrogen-bond acceptors (Lipinski definition) is 3. The first-order valence-electron chi connectivity index (χ1n) is 7.57. The van der Waals surface area contributed by atoms with E-state index >= 15 is 0 Å². The molecule has 0 fully saturated rings. The van der Waals surface area contributed by atoms with Crippen molar-refractivity contribution in [3.63, 3.8) is 0 Å². The van der Waals surface area contributed by atoms with Crippen LogP contribution in [-0.4, -0.2) is 16.2 Å². The molecule has 0 saturated heterocycles. The van der Waals surface area contributed by atoms with Crippen molar-refractivity contribution in [1.82, 2.24) is 0 Å². The monoisotopic (exact) mass is 346 g/mol. The molecule has 120 valence electrons. The van der Waals surface area contributed by atoms with Gasteiger partial charge >= 0.3 is 5.97 Å². The van der Waals surface area contributed by atoms with Crippen molar-refractivity contribution in [2.75, 3.05) is 10.6 Å². The second-order valence-corrected chi connectivity index (χ2v) is 7.18. The predicted octanol–water partition coefficient (Wildman–Crippen LogP) is 4.44. The molecule has 2 aromatic rings. The Morgan fingerprint density at radius 2 is 1.87 bits per heavy atom. The highest BCUT2D eigenvalue weighted by Gasteiger charge is 2.25. The first kappa shape index (κ1) is 16.0. The lowest BCUT2D eigenvalue weighted by molar-refractivity contribution is 0.0697. The van der Waals surface area contributed by atoms with Crippen LogP contribution in [0, 0.1) is 6.92 Å². The molecule has 0 aliphatic heterocycles. The third-order valence-electron chi connectivity index (χ3n) is 3.92. The molecule has 23 heavy (non-hydrogen) atoms. The second kappa shape index (κ2) is 6.68. The smallest absolute Gasteiger partial charge is 0.339 e. The maximum atomic E-state index is 11.6. The zero-order chi connectivity index (χ0) is 16.4. The summed E-state index contributed by atoms with van der Waals surface area (Å²) in [5.74, 6) is -0.884. The average molecular weight is 346 g/mol. The molecule has 1 aromatic heterocycles. The van der Waals surface area contributed by atoms with Crippen molar-refractivity contribution in [2.45, 2.75) is 32.6 Å². The van der Waals surface area contributed by atoms with Crippen LogP contribution in [-0.2, 0) is 12.8 Å². The normalized spacial score (nSPS) is 13.3. The van der Waals surface area contributed by atoms with Gasteiger partial charge in [-0.3, -0.25) is 0 Å². The Morgan fingerprint density at radius 1 is 1.17 bits per heavy atom. The van der Waals surface area contributed by atoms with Gasteiger partial charge in [0, 0.05) is 10.6 Å². The van der Waals surface area contributed by atoms with Gasteiger partial charge in [0.25, 0.3) is 0 Å². The Morgan fingerprint density at radius 3 is 2.57 bits per heavy atom. The zero-order valence-electron chi connectivity index (χ0n) is 12.8. The van der Waals surface area contributed by atoms with Gasteiger partial charge in [-0.25, -0.2) is 4.79 Å². The number of rotatable bonds is 3. The number of aryl methyl sites for hydroxylation is 2. The van der Waals surface area contributed by atoms with Crippen LogP contribution in [0.5, 0.6) is 0 Å². The van der Waals surface area contributed by atoms with Gasteiger partial charge in [-0.15, -0.1) is 11.3 Å². The van der Waals surface area contributed by atoms with Crippen LogP contribution >= 0.6 is 23.6 Å². The highest BCUT2D eigenvalue weighted by molar-refractivity contribution is 7.80. The fraction of sp³-hybridized carbons (Fsp3) is 0.294. The van der Waals surface area contributed by atoms with Crippen LogP contribution in [0.3, 0.4) is 0 Å². The minimum Gasteiger partial charge on any atom is -0.478 e. The number of thiophene rings is 1. The number of carboxylic acid groups (broad SMARTS) is 1. The number of fused-ring (bicyclic) bond motifs is 1. The molecule has 3 N–H and O–H groups in total. The van der Waals surface area contributed by atoms with Gasteiger partial charge < -0.3 is 15.7 Å². The summed E-state index contributed by atoms with van der Waals surface area (Å²) < 4.78 is 0. The Balaban J connectivity index is 1.79. The van der Waals surface area contributed by atoms with Gasteiger partial charge in [-0.05, 0) is 62.5 Å². The highest BCUT2D eigenvalue weighted by Crippen LogP contribution is 2.38. The SMILES string of the molecule is Cc1ccc(NC(=S)Nc2sc3c(c2C(=O)O)CCCC3)cc1. The molecule has 0 saturated carbocycles. The van der Waals surface area contributed by atoms with Crippen LogP contribution in [0.15, 0.2) is 24.3 Å². The summed E-state index contributed by atoms with van der Waals surface area (Å²) in [6, 6.07) is 7.89. The van der Waals surface area contributed by atoms with Gasteiger partial charge in [0.05, 0.1) is 5.56 Å². The van der Waals surface area contributed by atoms with Gasteiger partial charge in [-0.1, -0.05) is 17.7 Å². The molecule has 4 nitrogen and oxygen atoms in total. The maximum absolute atomic E-state index is 11.6. The summed E-state index contributed by atoms with van der Waals surface area (Å²) >= 11 is 6.84. The van der Waals surface area contributed by atoms with Crippen molar-refractivity contribution in [1.29, 1.82) is 0 Å². The van der Waals surface area contributed by atoms with Crippen molar-refractivity contribution in [2.24, 2.45) is 0 Å². The number of aromatic carboxylic acids is 1. The van der Waals surface area contributed by atoms with E-state index in [1.807, 2.05) is 31.2 Å². The van der Waals surface area contributed by atoms with E-state index in [2.05, 4.69) is 10.6 Å². The first-order valence-corrected chi connectivity index (χ1v) is 8.79. The summed E-state index contributed by atoms with van der Waals surface area (Å²) in [5.41, 5.74) is 3.42. The fourth-order valence-electron chi connectivity index (χ4n) is 2.78. The van der Waals surface area contributed by atoms with Crippen LogP contribution in [0.2, 0.25) is 0 Å². The quantitative estimate of drug-likeness (QED) is 0.717. The van der Waals surface area contributed by atoms with E-state index in [0.29, 0.717) is 15.7 Å². The zero-order valence-corrected chi connectivity index (χ0v) is 14.4. The molecule has 0 amide bonds. The maximum Gasteiger partial charge on any atom is 0.339 e. The lowest BCUT2D eigenvalue weighted by Crippen LogP contribution is -2.20. The Hall–Kier alpha value is -1.92. The molecular formula is C17H18N2O2S2. The van der Waals surface area contributed by atoms with E-state index in [0.717, 1.165) is 36.9 Å². The molecular weight excluding hydrogens is 328 g/mol. The number of anilines is 2. The molecule has 3 rings (SSSR count). The highest BCUT2D eigenvalue weighted by atomic mass is 32.1. The number of hydrogen-bond donors (Lipinski definition) is 3. The molecule has 6 heteroatoms. The minimum atomic E-state index is -0.884. The largest absolute Gasteiger partial charge is 0.478 e. The number of carboxylic acids is 1. The molecule has 0 unspecified atom stereocenters. The third kappa shape index (κ3) is 3.54. The lowest BCUT2D eigenvalue weighted by Gasteiger charge is -2.11. The molecule has 1 heterocycles. The molecule has 1 aliphatic carbocycles. The Kier molecular flexibility index (Phi) is 4.63. The molecule has 1 aliphatic rings. The Bertz CT molecular complexity index is 751. The van der Waals surface area contributed by atoms with Crippen LogP contribution in [0.1, 0.15) is 39.2 Å². The van der Waals surface area contributed by atoms with E-state index in [1.54, 1.807) is 0 Å². The molecule has 0 bridgehead atoms. The molecule has 0 radical (unpaired) electrons. The van der Waals surface area contributed by atoms with Crippen LogP contribution < -0.4 is 10.6 Å². The lowest BCUT2D eigenvalue weighted by atomic mass is 9.95. The van der Waals surface area contributed by atoms with Crippen molar-refractivity contribution >= 4 is 45.3 Å². The van der Waals surface area contributed by atoms with E-state index < -0.39 is 5.97 Å². The number of carbonyl (C=O) groups is 1. The standard InChI is InChI=1S/C17H18N2O2S2/c1-10-6-8-11(9-7-10)18-17(22)19-15-14(16(20)21)12-4-2-3-5-13(12)23-15/h6-9H,2-5H2,1H3,(H,20,21)(H2,18,19,22). The molecule has 1 aromatic carbocycles. The summed E-state index contributed by atoms with van der Waals surface area (Å²) in [6.07, 6.45) is 3.97. The second-order valence-electron chi connectivity index (χ2n) is 5.67. The van der Waals surface area contributed by atoms with E-state index in [-0.39, 0.29) is 0 Å². The van der Waals surface area contributed by atoms with Gasteiger partial charge in [0.1, 0.15) is 5.00 Å². The van der Waals surface area contributed by atoms with Crippen LogP contribution in [0.25, 0.3) is 0 Å². The summed E-state index contributed by atoms with van der Waals surface area (Å²) in [4.78, 5) is 12.8. The Labute approximate surface area is 144 Å². The van der Waals surface area contributed by atoms with E-state index in [1.165, 1.54) is 21.8 Å². The minimum absolute atomic E-state index is 0.387. The van der Waals surface area contributed by atoms with Gasteiger partial charge in [0.15, 0.2) is 5.11 Å². The van der Waals surface area contributed by atoms with E-state index in [4.69, 9.17) is 12.2 Å². The predicted molar refractivity (Wildman–Crippen MR) is 98.9 cm³/mol. The summed E-state index contributed by atoms with van der Waals surface area (Å²) in [6.45, 7) is 2.02.